The quantitative estimate of drug-likeness (QED) is 0.836. The summed E-state index contributed by atoms with van der Waals surface area (Å²) in [5.74, 6) is -0.295. The van der Waals surface area contributed by atoms with Gasteiger partial charge in [0.2, 0.25) is 5.91 Å². The molecule has 0 aliphatic carbocycles. The molecule has 1 fully saturated rings. The monoisotopic (exact) mass is 365 g/mol. The van der Waals surface area contributed by atoms with Gasteiger partial charge in [0.25, 0.3) is 0 Å². The fraction of sp³-hybridized carbons (Fsp3) is 0.316. The molecule has 0 bridgehead atoms. The second-order valence-electron chi connectivity index (χ2n) is 6.47. The molecule has 1 aliphatic heterocycles. The summed E-state index contributed by atoms with van der Waals surface area (Å²) in [6.45, 7) is 4.02. The summed E-state index contributed by atoms with van der Waals surface area (Å²) < 4.78 is 0. The van der Waals surface area contributed by atoms with Gasteiger partial charge in [-0.1, -0.05) is 6.92 Å². The average molecular weight is 365 g/mol. The van der Waals surface area contributed by atoms with Crippen molar-refractivity contribution in [2.45, 2.75) is 26.7 Å². The Morgan fingerprint density at radius 2 is 2.15 bits per heavy atom. The lowest BCUT2D eigenvalue weighted by atomic mass is 9.85. The van der Waals surface area contributed by atoms with Crippen LogP contribution >= 0.6 is 0 Å². The molecule has 2 aromatic heterocycles. The molecule has 0 spiro atoms. The lowest BCUT2D eigenvalue weighted by Crippen LogP contribution is -2.33. The third-order valence-electron chi connectivity index (χ3n) is 4.89. The smallest absolute Gasteiger partial charge is 0.337 e. The van der Waals surface area contributed by atoms with Crippen LogP contribution in [0.3, 0.4) is 0 Å². The standard InChI is InChI=1S/C19H19N5O3/c1-3-19(11-20)5-7-24(18(19)27)13-4-6-21-16(9-13)23-15-8-12(2)14(10-22-15)17(25)26/h4,6,8-10H,3,5,7H2,1-2H3,(H,25,26)(H,21,22,23). The third-order valence-corrected chi connectivity index (χ3v) is 4.89. The molecule has 2 N–H and O–H groups in total. The van der Waals surface area contributed by atoms with Crippen molar-refractivity contribution < 1.29 is 14.7 Å². The SMILES string of the molecule is CCC1(C#N)CCN(c2ccnc(Nc3cc(C)c(C(=O)O)cn3)c2)C1=O. The number of aromatic nitrogens is 2. The lowest BCUT2D eigenvalue weighted by molar-refractivity contribution is -0.123. The Hall–Kier alpha value is -3.47. The first-order chi connectivity index (χ1) is 12.9. The Balaban J connectivity index is 1.83. The van der Waals surface area contributed by atoms with Crippen LogP contribution in [0.1, 0.15) is 35.7 Å². The molecule has 0 aromatic carbocycles. The van der Waals surface area contributed by atoms with E-state index in [0.29, 0.717) is 42.3 Å². The highest BCUT2D eigenvalue weighted by atomic mass is 16.4. The van der Waals surface area contributed by atoms with E-state index < -0.39 is 11.4 Å². The number of hydrogen-bond acceptors (Lipinski definition) is 6. The second-order valence-corrected chi connectivity index (χ2v) is 6.47. The molecule has 2 aromatic rings. The van der Waals surface area contributed by atoms with Crippen LogP contribution in [0.4, 0.5) is 17.3 Å². The molecule has 27 heavy (non-hydrogen) atoms. The Bertz CT molecular complexity index is 953. The van der Waals surface area contributed by atoms with Crippen LogP contribution in [0.25, 0.3) is 0 Å². The van der Waals surface area contributed by atoms with Crippen molar-refractivity contribution in [2.75, 3.05) is 16.8 Å². The van der Waals surface area contributed by atoms with Gasteiger partial charge in [-0.15, -0.1) is 0 Å². The summed E-state index contributed by atoms with van der Waals surface area (Å²) in [6.07, 6.45) is 3.84. The summed E-state index contributed by atoms with van der Waals surface area (Å²) in [6, 6.07) is 7.22. The van der Waals surface area contributed by atoms with E-state index in [2.05, 4.69) is 21.4 Å². The Morgan fingerprint density at radius 1 is 1.41 bits per heavy atom. The minimum Gasteiger partial charge on any atom is -0.478 e. The predicted molar refractivity (Wildman–Crippen MR) is 98.8 cm³/mol. The van der Waals surface area contributed by atoms with Crippen molar-refractivity contribution >= 4 is 29.2 Å². The maximum atomic E-state index is 12.7. The van der Waals surface area contributed by atoms with Crippen LogP contribution in [0.5, 0.6) is 0 Å². The number of rotatable bonds is 5. The maximum absolute atomic E-state index is 12.7. The van der Waals surface area contributed by atoms with E-state index in [9.17, 15) is 14.9 Å². The Labute approximate surface area is 156 Å². The summed E-state index contributed by atoms with van der Waals surface area (Å²) in [5.41, 5.74) is 0.411. The zero-order chi connectivity index (χ0) is 19.6. The van der Waals surface area contributed by atoms with Gasteiger partial charge in [0.15, 0.2) is 0 Å². The van der Waals surface area contributed by atoms with Gasteiger partial charge in [-0.3, -0.25) is 4.79 Å². The van der Waals surface area contributed by atoms with Gasteiger partial charge in [-0.25, -0.2) is 14.8 Å². The molecule has 1 unspecified atom stereocenters. The topological polar surface area (TPSA) is 119 Å². The number of aromatic carboxylic acids is 1. The molecule has 0 saturated carbocycles. The van der Waals surface area contributed by atoms with Gasteiger partial charge in [0.1, 0.15) is 17.1 Å². The average Bonchev–Trinajstić information content (AvgIpc) is 2.98. The first-order valence-corrected chi connectivity index (χ1v) is 8.56. The molecule has 0 radical (unpaired) electrons. The largest absolute Gasteiger partial charge is 0.478 e. The highest BCUT2D eigenvalue weighted by Crippen LogP contribution is 2.37. The molecule has 8 nitrogen and oxygen atoms in total. The fourth-order valence-electron chi connectivity index (χ4n) is 3.16. The number of nitrogens with one attached hydrogen (secondary N) is 1. The van der Waals surface area contributed by atoms with E-state index in [1.54, 1.807) is 36.2 Å². The number of carbonyl (C=O) groups excluding carboxylic acids is 1. The Morgan fingerprint density at radius 3 is 2.74 bits per heavy atom. The summed E-state index contributed by atoms with van der Waals surface area (Å²) >= 11 is 0. The van der Waals surface area contributed by atoms with Crippen LogP contribution in [-0.4, -0.2) is 33.5 Å². The number of anilines is 3. The van der Waals surface area contributed by atoms with E-state index in [0.717, 1.165) is 0 Å². The number of carbonyl (C=O) groups is 2. The minimum atomic E-state index is -1.03. The summed E-state index contributed by atoms with van der Waals surface area (Å²) in [5, 5.41) is 21.5. The van der Waals surface area contributed by atoms with Gasteiger partial charge in [-0.05, 0) is 37.5 Å². The van der Waals surface area contributed by atoms with Crippen molar-refractivity contribution in [3.05, 3.63) is 41.7 Å². The van der Waals surface area contributed by atoms with Crippen LogP contribution in [0, 0.1) is 23.7 Å². The molecule has 3 rings (SSSR count). The van der Waals surface area contributed by atoms with Gasteiger partial charge in [0, 0.05) is 30.7 Å². The number of pyridine rings is 2. The van der Waals surface area contributed by atoms with Gasteiger partial charge >= 0.3 is 5.97 Å². The highest BCUT2D eigenvalue weighted by molar-refractivity contribution is 6.01. The van der Waals surface area contributed by atoms with Crippen molar-refractivity contribution in [2.24, 2.45) is 5.41 Å². The summed E-state index contributed by atoms with van der Waals surface area (Å²) in [4.78, 5) is 33.7. The number of carboxylic acid groups (broad SMARTS) is 1. The van der Waals surface area contributed by atoms with Crippen molar-refractivity contribution in [1.82, 2.24) is 9.97 Å². The summed E-state index contributed by atoms with van der Waals surface area (Å²) in [7, 11) is 0. The molecular formula is C19H19N5O3. The predicted octanol–water partition coefficient (Wildman–Crippen LogP) is 2.88. The first-order valence-electron chi connectivity index (χ1n) is 8.56. The molecule has 1 atom stereocenters. The van der Waals surface area contributed by atoms with E-state index in [4.69, 9.17) is 5.11 Å². The van der Waals surface area contributed by atoms with Crippen LogP contribution in [0.15, 0.2) is 30.6 Å². The molecule has 1 amide bonds. The van der Waals surface area contributed by atoms with Crippen molar-refractivity contribution in [1.29, 1.82) is 5.26 Å². The Kier molecular flexibility index (Phi) is 4.77. The van der Waals surface area contributed by atoms with Crippen LogP contribution in [0.2, 0.25) is 0 Å². The van der Waals surface area contributed by atoms with E-state index >= 15 is 0 Å². The number of nitrogens with zero attached hydrogens (tertiary/aromatic N) is 4. The number of carboxylic acids is 1. The fourth-order valence-corrected chi connectivity index (χ4v) is 3.16. The molecule has 138 valence electrons. The first kappa shape index (κ1) is 18.3. The molecule has 1 aliphatic rings. The van der Waals surface area contributed by atoms with Gasteiger partial charge in [-0.2, -0.15) is 5.26 Å². The van der Waals surface area contributed by atoms with Crippen LogP contribution in [-0.2, 0) is 4.79 Å². The number of nitriles is 1. The third kappa shape index (κ3) is 3.31. The van der Waals surface area contributed by atoms with Gasteiger partial charge in [0.05, 0.1) is 11.6 Å². The van der Waals surface area contributed by atoms with Gasteiger partial charge < -0.3 is 15.3 Å². The second kappa shape index (κ2) is 7.03. The van der Waals surface area contributed by atoms with E-state index in [1.165, 1.54) is 6.20 Å². The number of aryl methyl sites for hydroxylation is 1. The van der Waals surface area contributed by atoms with E-state index in [-0.39, 0.29) is 11.5 Å². The molecule has 3 heterocycles. The molecular weight excluding hydrogens is 346 g/mol. The maximum Gasteiger partial charge on any atom is 0.337 e. The van der Waals surface area contributed by atoms with Crippen molar-refractivity contribution in [3.63, 3.8) is 0 Å². The van der Waals surface area contributed by atoms with Crippen molar-refractivity contribution in [3.8, 4) is 6.07 Å². The minimum absolute atomic E-state index is 0.136. The number of hydrogen-bond donors (Lipinski definition) is 2. The normalized spacial score (nSPS) is 19.0. The molecule has 8 heteroatoms. The lowest BCUT2D eigenvalue weighted by Gasteiger charge is -2.20. The zero-order valence-electron chi connectivity index (χ0n) is 15.1. The molecule has 1 saturated heterocycles. The zero-order valence-corrected chi connectivity index (χ0v) is 15.1. The van der Waals surface area contributed by atoms with E-state index in [1.807, 2.05) is 6.92 Å². The van der Waals surface area contributed by atoms with Crippen LogP contribution < -0.4 is 10.2 Å². The highest BCUT2D eigenvalue weighted by Gasteiger charge is 2.46. The number of amides is 1.